The van der Waals surface area contributed by atoms with Gasteiger partial charge in [0, 0.05) is 6.54 Å². The largest absolute Gasteiger partial charge is 0.484 e. The molecule has 3 N–H and O–H groups in total. The highest BCUT2D eigenvalue weighted by Gasteiger charge is 2.04. The number of hydrazine groups is 1. The average molecular weight is 361 g/mol. The zero-order chi connectivity index (χ0) is 18.2. The average Bonchev–Trinajstić information content (AvgIpc) is 2.60. The number of amides is 1. The van der Waals surface area contributed by atoms with Gasteiger partial charge in [-0.15, -0.1) is 0 Å². The Morgan fingerprint density at radius 2 is 1.80 bits per heavy atom. The van der Waals surface area contributed by atoms with Gasteiger partial charge in [-0.1, -0.05) is 18.2 Å². The molecule has 2 rings (SSSR count). The molecule has 0 heterocycles. The third-order valence-corrected chi connectivity index (χ3v) is 3.78. The van der Waals surface area contributed by atoms with Crippen LogP contribution >= 0.6 is 12.2 Å². The molecule has 0 fully saturated rings. The Kier molecular flexibility index (Phi) is 6.71. The molecule has 0 aromatic heterocycles. The van der Waals surface area contributed by atoms with E-state index in [1.165, 1.54) is 12.1 Å². The minimum absolute atomic E-state index is 0.129. The topological polar surface area (TPSA) is 62.4 Å². The van der Waals surface area contributed by atoms with Crippen LogP contribution in [0.3, 0.4) is 0 Å². The number of carbonyl (C=O) groups excluding carboxylic acids is 1. The fourth-order valence-electron chi connectivity index (χ4n) is 1.94. The second kappa shape index (κ2) is 8.98. The molecule has 1 amide bonds. The summed E-state index contributed by atoms with van der Waals surface area (Å²) in [7, 11) is 0. The number of ether oxygens (including phenoxy) is 1. The minimum atomic E-state index is -0.357. The van der Waals surface area contributed by atoms with Crippen LogP contribution in [0.2, 0.25) is 0 Å². The van der Waals surface area contributed by atoms with Crippen molar-refractivity contribution in [2.45, 2.75) is 20.4 Å². The number of carbonyl (C=O) groups is 1. The fraction of sp³-hybridized carbons (Fsp3) is 0.222. The van der Waals surface area contributed by atoms with Crippen LogP contribution in [0.5, 0.6) is 5.75 Å². The molecular weight excluding hydrogens is 341 g/mol. The van der Waals surface area contributed by atoms with Gasteiger partial charge in [0.25, 0.3) is 5.91 Å². The Hall–Kier alpha value is -2.67. The molecule has 0 unspecified atom stereocenters. The Morgan fingerprint density at radius 3 is 2.48 bits per heavy atom. The van der Waals surface area contributed by atoms with Crippen LogP contribution in [0.4, 0.5) is 4.39 Å². The van der Waals surface area contributed by atoms with E-state index in [2.05, 4.69) is 16.2 Å². The van der Waals surface area contributed by atoms with Crippen LogP contribution in [-0.4, -0.2) is 17.6 Å². The molecule has 0 aliphatic heterocycles. The quantitative estimate of drug-likeness (QED) is 0.564. The van der Waals surface area contributed by atoms with Gasteiger partial charge in [-0.25, -0.2) is 4.39 Å². The maximum absolute atomic E-state index is 12.8. The Morgan fingerprint density at radius 1 is 1.08 bits per heavy atom. The van der Waals surface area contributed by atoms with Gasteiger partial charge in [0.2, 0.25) is 0 Å². The van der Waals surface area contributed by atoms with Crippen molar-refractivity contribution >= 4 is 23.2 Å². The van der Waals surface area contributed by atoms with Crippen molar-refractivity contribution in [2.24, 2.45) is 0 Å². The first kappa shape index (κ1) is 18.7. The summed E-state index contributed by atoms with van der Waals surface area (Å²) in [6, 6.07) is 11.7. The van der Waals surface area contributed by atoms with Gasteiger partial charge in [0.1, 0.15) is 11.6 Å². The van der Waals surface area contributed by atoms with Crippen molar-refractivity contribution in [3.63, 3.8) is 0 Å². The van der Waals surface area contributed by atoms with E-state index in [9.17, 15) is 9.18 Å². The highest BCUT2D eigenvalue weighted by molar-refractivity contribution is 7.80. The summed E-state index contributed by atoms with van der Waals surface area (Å²) in [6.45, 7) is 4.28. The van der Waals surface area contributed by atoms with E-state index in [0.717, 1.165) is 16.7 Å². The third kappa shape index (κ3) is 6.39. The molecule has 2 aromatic carbocycles. The smallest absolute Gasteiger partial charge is 0.276 e. The van der Waals surface area contributed by atoms with Crippen LogP contribution in [0.1, 0.15) is 16.7 Å². The van der Waals surface area contributed by atoms with E-state index < -0.39 is 0 Å². The second-order valence-electron chi connectivity index (χ2n) is 5.52. The number of halogens is 1. The van der Waals surface area contributed by atoms with Gasteiger partial charge in [-0.05, 0) is 67.0 Å². The Labute approximate surface area is 151 Å². The third-order valence-electron chi connectivity index (χ3n) is 3.53. The summed E-state index contributed by atoms with van der Waals surface area (Å²) < 4.78 is 18.2. The van der Waals surface area contributed by atoms with E-state index in [-0.39, 0.29) is 23.4 Å². The van der Waals surface area contributed by atoms with E-state index >= 15 is 0 Å². The minimum Gasteiger partial charge on any atom is -0.484 e. The molecule has 0 aliphatic carbocycles. The molecular formula is C18H20FN3O2S. The second-order valence-corrected chi connectivity index (χ2v) is 5.93. The van der Waals surface area contributed by atoms with Crippen LogP contribution < -0.4 is 20.9 Å². The normalized spacial score (nSPS) is 10.0. The maximum atomic E-state index is 12.8. The lowest BCUT2D eigenvalue weighted by Gasteiger charge is -2.12. The highest BCUT2D eigenvalue weighted by Crippen LogP contribution is 2.16. The Bertz CT molecular complexity index is 750. The van der Waals surface area contributed by atoms with E-state index in [1.807, 2.05) is 32.0 Å². The Balaban J connectivity index is 1.67. The number of nitrogens with one attached hydrogen (secondary N) is 3. The fourth-order valence-corrected chi connectivity index (χ4v) is 2.07. The summed E-state index contributed by atoms with van der Waals surface area (Å²) in [5.74, 6) is -0.0140. The summed E-state index contributed by atoms with van der Waals surface area (Å²) in [6.07, 6.45) is 0. The number of hydrogen-bond donors (Lipinski definition) is 3. The van der Waals surface area contributed by atoms with Gasteiger partial charge >= 0.3 is 0 Å². The predicted octanol–water partition coefficient (Wildman–Crippen LogP) is 2.52. The van der Waals surface area contributed by atoms with Crippen LogP contribution in [0.25, 0.3) is 0 Å². The lowest BCUT2D eigenvalue weighted by molar-refractivity contribution is -0.123. The first-order valence-electron chi connectivity index (χ1n) is 7.71. The van der Waals surface area contributed by atoms with Crippen LogP contribution in [0.15, 0.2) is 42.5 Å². The number of benzene rings is 2. The molecule has 0 saturated heterocycles. The zero-order valence-electron chi connectivity index (χ0n) is 14.1. The molecule has 5 nitrogen and oxygen atoms in total. The monoisotopic (exact) mass is 361 g/mol. The predicted molar refractivity (Wildman–Crippen MR) is 98.5 cm³/mol. The van der Waals surface area contributed by atoms with Crippen molar-refractivity contribution in [3.8, 4) is 5.75 Å². The summed E-state index contributed by atoms with van der Waals surface area (Å²) in [5, 5.41) is 3.16. The molecule has 0 atom stereocenters. The van der Waals surface area contributed by atoms with E-state index in [4.69, 9.17) is 17.0 Å². The molecule has 0 radical (unpaired) electrons. The molecule has 2 aromatic rings. The SMILES string of the molecule is Cc1ccc(OCC(=O)NNC(=S)NCc2ccc(F)cc2)cc1C. The van der Waals surface area contributed by atoms with Gasteiger partial charge < -0.3 is 10.1 Å². The molecule has 7 heteroatoms. The molecule has 25 heavy (non-hydrogen) atoms. The van der Waals surface area contributed by atoms with E-state index in [1.54, 1.807) is 12.1 Å². The molecule has 132 valence electrons. The summed E-state index contributed by atoms with van der Waals surface area (Å²) >= 11 is 5.05. The number of thiocarbonyl (C=S) groups is 1. The summed E-state index contributed by atoms with van der Waals surface area (Å²) in [4.78, 5) is 11.8. The number of aryl methyl sites for hydroxylation is 2. The highest BCUT2D eigenvalue weighted by atomic mass is 32.1. The van der Waals surface area contributed by atoms with Crippen LogP contribution in [-0.2, 0) is 11.3 Å². The number of rotatable bonds is 5. The van der Waals surface area contributed by atoms with Gasteiger partial charge in [0.15, 0.2) is 11.7 Å². The van der Waals surface area contributed by atoms with Crippen molar-refractivity contribution in [1.29, 1.82) is 0 Å². The molecule has 0 spiro atoms. The van der Waals surface area contributed by atoms with E-state index in [0.29, 0.717) is 12.3 Å². The summed E-state index contributed by atoms with van der Waals surface area (Å²) in [5.41, 5.74) is 8.17. The molecule has 0 aliphatic rings. The molecule has 0 saturated carbocycles. The lowest BCUT2D eigenvalue weighted by Crippen LogP contribution is -2.48. The lowest BCUT2D eigenvalue weighted by atomic mass is 10.1. The zero-order valence-corrected chi connectivity index (χ0v) is 14.9. The first-order chi connectivity index (χ1) is 11.9. The first-order valence-corrected chi connectivity index (χ1v) is 8.12. The number of hydrogen-bond acceptors (Lipinski definition) is 3. The van der Waals surface area contributed by atoms with Gasteiger partial charge in [0.05, 0.1) is 0 Å². The van der Waals surface area contributed by atoms with Gasteiger partial charge in [-0.3, -0.25) is 15.6 Å². The maximum Gasteiger partial charge on any atom is 0.276 e. The van der Waals surface area contributed by atoms with Crippen molar-refractivity contribution < 1.29 is 13.9 Å². The van der Waals surface area contributed by atoms with Crippen molar-refractivity contribution in [3.05, 3.63) is 65.0 Å². The standard InChI is InChI=1S/C18H20FN3O2S/c1-12-3-8-16(9-13(12)2)24-11-17(23)21-22-18(25)20-10-14-4-6-15(19)7-5-14/h3-9H,10-11H2,1-2H3,(H,21,23)(H2,20,22,25). The molecule has 0 bridgehead atoms. The van der Waals surface area contributed by atoms with Crippen LogP contribution in [0, 0.1) is 19.7 Å². The van der Waals surface area contributed by atoms with Crippen molar-refractivity contribution in [2.75, 3.05) is 6.61 Å². The van der Waals surface area contributed by atoms with Gasteiger partial charge in [-0.2, -0.15) is 0 Å². The van der Waals surface area contributed by atoms with Crippen molar-refractivity contribution in [1.82, 2.24) is 16.2 Å².